The highest BCUT2D eigenvalue weighted by atomic mass is 15.2. The molecule has 0 bridgehead atoms. The quantitative estimate of drug-likeness (QED) is 0.637. The predicted octanol–water partition coefficient (Wildman–Crippen LogP) is 1.67. The maximum atomic E-state index is 3.29. The van der Waals surface area contributed by atoms with Crippen LogP contribution in [0.3, 0.4) is 0 Å². The molecule has 86 valence electrons. The van der Waals surface area contributed by atoms with Crippen molar-refractivity contribution >= 4 is 0 Å². The average molecular weight is 208 g/mol. The van der Waals surface area contributed by atoms with E-state index in [1.807, 2.05) is 0 Å². The largest absolute Gasteiger partial charge is 0.301 e. The minimum atomic E-state index is 0.144. The normalized spacial score (nSPS) is 19.7. The molecule has 0 atom stereocenters. The van der Waals surface area contributed by atoms with Crippen LogP contribution >= 0.6 is 0 Å². The first-order valence-electron chi connectivity index (χ1n) is 5.96. The molecule has 0 amide bonds. The van der Waals surface area contributed by atoms with Crippen molar-refractivity contribution in [2.24, 2.45) is 5.41 Å². The standard InChI is InChI=1S/C13H24N2/c1-5-14-9-11-15(12-10-14)8-6-7-13(2,3)4/h5,8-12H2,1-4H3. The van der Waals surface area contributed by atoms with Gasteiger partial charge in [-0.25, -0.2) is 0 Å². The number of piperazine rings is 1. The molecule has 2 nitrogen and oxygen atoms in total. The fourth-order valence-electron chi connectivity index (χ4n) is 1.68. The monoisotopic (exact) mass is 208 g/mol. The fourth-order valence-corrected chi connectivity index (χ4v) is 1.68. The molecule has 1 saturated heterocycles. The summed E-state index contributed by atoms with van der Waals surface area (Å²) in [5, 5.41) is 0. The van der Waals surface area contributed by atoms with E-state index in [4.69, 9.17) is 0 Å². The first kappa shape index (κ1) is 12.5. The zero-order valence-electron chi connectivity index (χ0n) is 10.6. The lowest BCUT2D eigenvalue weighted by molar-refractivity contribution is 0.149. The van der Waals surface area contributed by atoms with E-state index in [1.165, 1.54) is 32.7 Å². The molecule has 0 saturated carbocycles. The molecule has 0 radical (unpaired) electrons. The molecule has 0 N–H and O–H groups in total. The van der Waals surface area contributed by atoms with Gasteiger partial charge in [0.15, 0.2) is 0 Å². The summed E-state index contributed by atoms with van der Waals surface area (Å²) in [6, 6.07) is 0. The van der Waals surface area contributed by atoms with E-state index in [-0.39, 0.29) is 5.41 Å². The minimum Gasteiger partial charge on any atom is -0.301 e. The highest BCUT2D eigenvalue weighted by Gasteiger charge is 2.14. The van der Waals surface area contributed by atoms with Gasteiger partial charge in [-0.2, -0.15) is 0 Å². The van der Waals surface area contributed by atoms with Gasteiger partial charge in [0, 0.05) is 31.6 Å². The Bertz CT molecular complexity index is 233. The van der Waals surface area contributed by atoms with Crippen LogP contribution in [0.15, 0.2) is 0 Å². The summed E-state index contributed by atoms with van der Waals surface area (Å²) in [5.74, 6) is 6.57. The molecule has 2 heteroatoms. The van der Waals surface area contributed by atoms with E-state index in [0.29, 0.717) is 0 Å². The van der Waals surface area contributed by atoms with Crippen molar-refractivity contribution < 1.29 is 0 Å². The van der Waals surface area contributed by atoms with Gasteiger partial charge in [-0.05, 0) is 27.3 Å². The van der Waals surface area contributed by atoms with Crippen LogP contribution in [0.1, 0.15) is 27.7 Å². The summed E-state index contributed by atoms with van der Waals surface area (Å²) >= 11 is 0. The van der Waals surface area contributed by atoms with Crippen LogP contribution in [0, 0.1) is 17.3 Å². The van der Waals surface area contributed by atoms with Crippen LogP contribution < -0.4 is 0 Å². The van der Waals surface area contributed by atoms with E-state index < -0.39 is 0 Å². The first-order valence-corrected chi connectivity index (χ1v) is 5.96. The summed E-state index contributed by atoms with van der Waals surface area (Å²) in [6.45, 7) is 15.6. The van der Waals surface area contributed by atoms with Crippen LogP contribution in [0.25, 0.3) is 0 Å². The van der Waals surface area contributed by atoms with Gasteiger partial charge in [-0.3, -0.25) is 4.90 Å². The van der Waals surface area contributed by atoms with Gasteiger partial charge < -0.3 is 4.90 Å². The van der Waals surface area contributed by atoms with Gasteiger partial charge in [0.1, 0.15) is 0 Å². The van der Waals surface area contributed by atoms with Gasteiger partial charge in [-0.15, -0.1) is 0 Å². The summed E-state index contributed by atoms with van der Waals surface area (Å²) in [4.78, 5) is 4.94. The third kappa shape index (κ3) is 5.20. The molecule has 1 rings (SSSR count). The van der Waals surface area contributed by atoms with Crippen LogP contribution in [0.4, 0.5) is 0 Å². The Morgan fingerprint density at radius 1 is 1.00 bits per heavy atom. The van der Waals surface area contributed by atoms with Gasteiger partial charge in [0.25, 0.3) is 0 Å². The lowest BCUT2D eigenvalue weighted by Crippen LogP contribution is -2.46. The molecule has 1 aliphatic rings. The second-order valence-corrected chi connectivity index (χ2v) is 5.26. The van der Waals surface area contributed by atoms with Crippen molar-refractivity contribution in [3.8, 4) is 11.8 Å². The van der Waals surface area contributed by atoms with Crippen molar-refractivity contribution in [1.82, 2.24) is 9.80 Å². The molecule has 1 fully saturated rings. The Kier molecular flexibility index (Phi) is 4.63. The molecule has 0 spiro atoms. The number of hydrogen-bond acceptors (Lipinski definition) is 2. The molecule has 15 heavy (non-hydrogen) atoms. The predicted molar refractivity (Wildman–Crippen MR) is 65.8 cm³/mol. The number of rotatable bonds is 2. The zero-order valence-corrected chi connectivity index (χ0v) is 10.6. The molecule has 0 unspecified atom stereocenters. The van der Waals surface area contributed by atoms with E-state index in [0.717, 1.165) is 6.54 Å². The van der Waals surface area contributed by atoms with Crippen LogP contribution in [-0.2, 0) is 0 Å². The Morgan fingerprint density at radius 2 is 1.53 bits per heavy atom. The number of nitrogens with zero attached hydrogens (tertiary/aromatic N) is 2. The van der Waals surface area contributed by atoms with Gasteiger partial charge >= 0.3 is 0 Å². The minimum absolute atomic E-state index is 0.144. The Morgan fingerprint density at radius 3 is 2.00 bits per heavy atom. The van der Waals surface area contributed by atoms with Crippen molar-refractivity contribution in [3.05, 3.63) is 0 Å². The van der Waals surface area contributed by atoms with Crippen molar-refractivity contribution in [1.29, 1.82) is 0 Å². The van der Waals surface area contributed by atoms with Gasteiger partial charge in [-0.1, -0.05) is 18.8 Å². The molecule has 0 aromatic heterocycles. The maximum absolute atomic E-state index is 3.29. The molecule has 0 aromatic carbocycles. The molecule has 0 aromatic rings. The van der Waals surface area contributed by atoms with Gasteiger partial charge in [0.2, 0.25) is 0 Å². The van der Waals surface area contributed by atoms with Gasteiger partial charge in [0.05, 0.1) is 6.54 Å². The molecule has 1 heterocycles. The third-order valence-corrected chi connectivity index (χ3v) is 2.68. The smallest absolute Gasteiger partial charge is 0.0602 e. The summed E-state index contributed by atoms with van der Waals surface area (Å²) in [5.41, 5.74) is 0.144. The van der Waals surface area contributed by atoms with E-state index in [9.17, 15) is 0 Å². The Labute approximate surface area is 94.6 Å². The second kappa shape index (κ2) is 5.53. The highest BCUT2D eigenvalue weighted by molar-refractivity contribution is 5.08. The Balaban J connectivity index is 2.26. The third-order valence-electron chi connectivity index (χ3n) is 2.68. The lowest BCUT2D eigenvalue weighted by atomic mass is 9.98. The highest BCUT2D eigenvalue weighted by Crippen LogP contribution is 2.09. The summed E-state index contributed by atoms with van der Waals surface area (Å²) in [7, 11) is 0. The maximum Gasteiger partial charge on any atom is 0.0602 e. The van der Waals surface area contributed by atoms with Crippen LogP contribution in [0.2, 0.25) is 0 Å². The van der Waals surface area contributed by atoms with E-state index in [1.54, 1.807) is 0 Å². The van der Waals surface area contributed by atoms with Crippen molar-refractivity contribution in [3.63, 3.8) is 0 Å². The fraction of sp³-hybridized carbons (Fsp3) is 0.846. The topological polar surface area (TPSA) is 6.48 Å². The first-order chi connectivity index (χ1) is 7.01. The number of hydrogen-bond donors (Lipinski definition) is 0. The SMILES string of the molecule is CCN1CCN(CC#CC(C)(C)C)CC1. The molecule has 0 aliphatic carbocycles. The molecular formula is C13H24N2. The second-order valence-electron chi connectivity index (χ2n) is 5.26. The van der Waals surface area contributed by atoms with Crippen molar-refractivity contribution in [2.75, 3.05) is 39.3 Å². The van der Waals surface area contributed by atoms with Crippen molar-refractivity contribution in [2.45, 2.75) is 27.7 Å². The van der Waals surface area contributed by atoms with E-state index >= 15 is 0 Å². The summed E-state index contributed by atoms with van der Waals surface area (Å²) < 4.78 is 0. The number of likely N-dealkylation sites (N-methyl/N-ethyl adjacent to an activating group) is 1. The van der Waals surface area contributed by atoms with E-state index in [2.05, 4.69) is 49.3 Å². The van der Waals surface area contributed by atoms with Crippen LogP contribution in [-0.4, -0.2) is 49.1 Å². The zero-order chi connectivity index (χ0) is 11.3. The summed E-state index contributed by atoms with van der Waals surface area (Å²) in [6.07, 6.45) is 0. The average Bonchev–Trinajstić information content (AvgIpc) is 2.17. The molecular weight excluding hydrogens is 184 g/mol. The van der Waals surface area contributed by atoms with Crippen LogP contribution in [0.5, 0.6) is 0 Å². The Hall–Kier alpha value is -0.520. The molecule has 1 aliphatic heterocycles. The lowest BCUT2D eigenvalue weighted by Gasteiger charge is -2.32.